The highest BCUT2D eigenvalue weighted by Gasteiger charge is 2.23. The third-order valence-corrected chi connectivity index (χ3v) is 5.33. The Morgan fingerprint density at radius 3 is 2.43 bits per heavy atom. The van der Waals surface area contributed by atoms with Crippen molar-refractivity contribution < 1.29 is 27.5 Å². The number of hydrogen-bond acceptors (Lipinski definition) is 6. The molecule has 9 heteroatoms. The molecule has 1 atom stereocenters. The van der Waals surface area contributed by atoms with Crippen molar-refractivity contribution in [2.24, 2.45) is 0 Å². The third-order valence-electron chi connectivity index (χ3n) is 3.90. The second kappa shape index (κ2) is 8.85. The van der Waals surface area contributed by atoms with Crippen molar-refractivity contribution >= 4 is 27.6 Å². The molecular formula is C19H22N2O6S. The highest BCUT2D eigenvalue weighted by molar-refractivity contribution is 7.89. The normalized spacial score (nSPS) is 12.1. The first-order valence-corrected chi connectivity index (χ1v) is 9.86. The van der Waals surface area contributed by atoms with Crippen molar-refractivity contribution in [3.63, 3.8) is 0 Å². The van der Waals surface area contributed by atoms with Gasteiger partial charge in [0.25, 0.3) is 5.91 Å². The van der Waals surface area contributed by atoms with E-state index in [1.165, 1.54) is 33.2 Å². The van der Waals surface area contributed by atoms with Crippen molar-refractivity contribution in [1.29, 1.82) is 0 Å². The SMILES string of the molecule is CNS(=O)(=O)c1cc(C(=O)O[C@H](C)C(=O)Nc2cccc(C)c2)ccc1OC. The molecule has 0 aliphatic rings. The number of anilines is 1. The molecule has 0 heterocycles. The zero-order chi connectivity index (χ0) is 20.9. The van der Waals surface area contributed by atoms with Gasteiger partial charge in [0, 0.05) is 5.69 Å². The number of hydrogen-bond donors (Lipinski definition) is 2. The summed E-state index contributed by atoms with van der Waals surface area (Å²) >= 11 is 0. The minimum absolute atomic E-state index is 0.0233. The Hall–Kier alpha value is -2.91. The van der Waals surface area contributed by atoms with Crippen LogP contribution in [0.5, 0.6) is 5.75 Å². The zero-order valence-corrected chi connectivity index (χ0v) is 16.8. The van der Waals surface area contributed by atoms with Gasteiger partial charge in [-0.2, -0.15) is 0 Å². The van der Waals surface area contributed by atoms with Crippen LogP contribution in [0.4, 0.5) is 5.69 Å². The summed E-state index contributed by atoms with van der Waals surface area (Å²) in [5.41, 5.74) is 1.53. The van der Waals surface area contributed by atoms with Crippen LogP contribution in [0.2, 0.25) is 0 Å². The van der Waals surface area contributed by atoms with Crippen LogP contribution in [0.15, 0.2) is 47.4 Å². The zero-order valence-electron chi connectivity index (χ0n) is 16.0. The predicted octanol–water partition coefficient (Wildman–Crippen LogP) is 2.10. The number of amides is 1. The number of aryl methyl sites for hydroxylation is 1. The van der Waals surface area contributed by atoms with E-state index in [1.54, 1.807) is 18.2 Å². The van der Waals surface area contributed by atoms with Crippen LogP contribution in [0.3, 0.4) is 0 Å². The van der Waals surface area contributed by atoms with E-state index in [0.717, 1.165) is 11.6 Å². The first kappa shape index (κ1) is 21.4. The monoisotopic (exact) mass is 406 g/mol. The smallest absolute Gasteiger partial charge is 0.338 e. The molecule has 1 amide bonds. The lowest BCUT2D eigenvalue weighted by atomic mass is 10.2. The van der Waals surface area contributed by atoms with E-state index in [1.807, 2.05) is 13.0 Å². The first-order valence-electron chi connectivity index (χ1n) is 8.38. The van der Waals surface area contributed by atoms with Gasteiger partial charge in [0.1, 0.15) is 10.6 Å². The van der Waals surface area contributed by atoms with Gasteiger partial charge in [-0.25, -0.2) is 17.9 Å². The molecule has 2 N–H and O–H groups in total. The molecule has 0 saturated carbocycles. The van der Waals surface area contributed by atoms with E-state index in [0.29, 0.717) is 5.69 Å². The minimum Gasteiger partial charge on any atom is -0.495 e. The van der Waals surface area contributed by atoms with Gasteiger partial charge >= 0.3 is 5.97 Å². The summed E-state index contributed by atoms with van der Waals surface area (Å²) in [7, 11) is -1.28. The summed E-state index contributed by atoms with van der Waals surface area (Å²) in [6.07, 6.45) is -1.08. The Labute approximate surface area is 163 Å². The van der Waals surface area contributed by atoms with Gasteiger partial charge in [-0.05, 0) is 56.8 Å². The molecule has 8 nitrogen and oxygen atoms in total. The number of ether oxygens (including phenoxy) is 2. The van der Waals surface area contributed by atoms with Gasteiger partial charge in [-0.1, -0.05) is 12.1 Å². The second-order valence-corrected chi connectivity index (χ2v) is 7.83. The number of rotatable bonds is 7. The molecule has 0 bridgehead atoms. The number of carbonyl (C=O) groups excluding carboxylic acids is 2. The molecule has 2 rings (SSSR count). The Bertz CT molecular complexity index is 988. The average molecular weight is 406 g/mol. The lowest BCUT2D eigenvalue weighted by Gasteiger charge is -2.15. The summed E-state index contributed by atoms with van der Waals surface area (Å²) in [4.78, 5) is 24.4. The van der Waals surface area contributed by atoms with E-state index in [-0.39, 0.29) is 16.2 Å². The van der Waals surface area contributed by atoms with Crippen LogP contribution in [-0.4, -0.2) is 40.6 Å². The lowest BCUT2D eigenvalue weighted by molar-refractivity contribution is -0.123. The Balaban J connectivity index is 2.15. The van der Waals surface area contributed by atoms with Crippen LogP contribution >= 0.6 is 0 Å². The molecule has 0 unspecified atom stereocenters. The molecule has 0 aromatic heterocycles. The summed E-state index contributed by atoms with van der Waals surface area (Å²) in [5.74, 6) is -1.26. The maximum atomic E-state index is 12.4. The van der Waals surface area contributed by atoms with Gasteiger partial charge in [-0.15, -0.1) is 0 Å². The largest absolute Gasteiger partial charge is 0.495 e. The van der Waals surface area contributed by atoms with Gasteiger partial charge < -0.3 is 14.8 Å². The van der Waals surface area contributed by atoms with Gasteiger partial charge in [-0.3, -0.25) is 4.79 Å². The van der Waals surface area contributed by atoms with Crippen molar-refractivity contribution in [1.82, 2.24) is 4.72 Å². The highest BCUT2D eigenvalue weighted by atomic mass is 32.2. The van der Waals surface area contributed by atoms with Crippen molar-refractivity contribution in [2.75, 3.05) is 19.5 Å². The summed E-state index contributed by atoms with van der Waals surface area (Å²) < 4.78 is 36.6. The van der Waals surface area contributed by atoms with E-state index < -0.39 is 28.0 Å². The molecule has 28 heavy (non-hydrogen) atoms. The van der Waals surface area contributed by atoms with Crippen LogP contribution in [0.25, 0.3) is 0 Å². The molecule has 0 aliphatic heterocycles. The van der Waals surface area contributed by atoms with Gasteiger partial charge in [0.2, 0.25) is 10.0 Å². The molecular weight excluding hydrogens is 384 g/mol. The first-order chi connectivity index (χ1) is 13.2. The Morgan fingerprint density at radius 2 is 1.82 bits per heavy atom. The topological polar surface area (TPSA) is 111 Å². The molecule has 0 saturated heterocycles. The second-order valence-electron chi connectivity index (χ2n) is 5.98. The van der Waals surface area contributed by atoms with Crippen molar-refractivity contribution in [3.05, 3.63) is 53.6 Å². The number of benzene rings is 2. The predicted molar refractivity (Wildman–Crippen MR) is 104 cm³/mol. The average Bonchev–Trinajstić information content (AvgIpc) is 2.67. The fourth-order valence-corrected chi connectivity index (χ4v) is 3.29. The molecule has 0 aliphatic carbocycles. The molecule has 2 aromatic carbocycles. The number of sulfonamides is 1. The van der Waals surface area contributed by atoms with Crippen molar-refractivity contribution in [3.8, 4) is 5.75 Å². The summed E-state index contributed by atoms with van der Waals surface area (Å²) in [6, 6.07) is 11.0. The number of carbonyl (C=O) groups is 2. The van der Waals surface area contributed by atoms with E-state index in [4.69, 9.17) is 9.47 Å². The number of nitrogens with one attached hydrogen (secondary N) is 2. The molecule has 0 fully saturated rings. The van der Waals surface area contributed by atoms with Gasteiger partial charge in [0.15, 0.2) is 6.10 Å². The van der Waals surface area contributed by atoms with E-state index >= 15 is 0 Å². The van der Waals surface area contributed by atoms with E-state index in [2.05, 4.69) is 10.0 Å². The van der Waals surface area contributed by atoms with Crippen LogP contribution < -0.4 is 14.8 Å². The maximum Gasteiger partial charge on any atom is 0.338 e. The molecule has 2 aromatic rings. The van der Waals surface area contributed by atoms with Gasteiger partial charge in [0.05, 0.1) is 12.7 Å². The van der Waals surface area contributed by atoms with Crippen LogP contribution in [0, 0.1) is 6.92 Å². The fraction of sp³-hybridized carbons (Fsp3) is 0.263. The Morgan fingerprint density at radius 1 is 1.11 bits per heavy atom. The van der Waals surface area contributed by atoms with E-state index in [9.17, 15) is 18.0 Å². The lowest BCUT2D eigenvalue weighted by Crippen LogP contribution is -2.30. The fourth-order valence-electron chi connectivity index (χ4n) is 2.37. The minimum atomic E-state index is -3.85. The van der Waals surface area contributed by atoms with Crippen LogP contribution in [-0.2, 0) is 19.6 Å². The quantitative estimate of drug-likeness (QED) is 0.681. The standard InChI is InChI=1S/C19H22N2O6S/c1-12-6-5-7-15(10-12)21-18(22)13(2)27-19(23)14-8-9-16(26-4)17(11-14)28(24,25)20-3/h5-11,13,20H,1-4H3,(H,21,22)/t13-/m1/s1. The highest BCUT2D eigenvalue weighted by Crippen LogP contribution is 2.25. The van der Waals surface area contributed by atoms with Crippen molar-refractivity contribution in [2.45, 2.75) is 24.8 Å². The Kier molecular flexibility index (Phi) is 6.76. The maximum absolute atomic E-state index is 12.4. The van der Waals surface area contributed by atoms with Crippen LogP contribution in [0.1, 0.15) is 22.8 Å². The number of esters is 1. The summed E-state index contributed by atoms with van der Waals surface area (Å²) in [5, 5.41) is 2.66. The number of methoxy groups -OCH3 is 1. The molecule has 150 valence electrons. The third kappa shape index (κ3) is 5.08. The molecule has 0 radical (unpaired) electrons. The molecule has 0 spiro atoms. The summed E-state index contributed by atoms with van der Waals surface area (Å²) in [6.45, 7) is 3.32.